The molecule has 0 N–H and O–H groups in total. The van der Waals surface area contributed by atoms with Gasteiger partial charge >= 0.3 is 0 Å². The van der Waals surface area contributed by atoms with Gasteiger partial charge in [0.05, 0.1) is 0 Å². The summed E-state index contributed by atoms with van der Waals surface area (Å²) in [5.41, 5.74) is 12.9. The van der Waals surface area contributed by atoms with E-state index in [9.17, 15) is 0 Å². The van der Waals surface area contributed by atoms with Gasteiger partial charge in [0.15, 0.2) is 0 Å². The molecule has 16 aromatic rings. The second-order valence-corrected chi connectivity index (χ2v) is 19.3. The highest BCUT2D eigenvalue weighted by Crippen LogP contribution is 2.58. The maximum Gasteiger partial charge on any atom is -0.000762 e. The van der Waals surface area contributed by atoms with Gasteiger partial charge in [-0.25, -0.2) is 0 Å². The van der Waals surface area contributed by atoms with E-state index in [2.05, 4.69) is 218 Å². The highest BCUT2D eigenvalue weighted by molar-refractivity contribution is 6.49. The summed E-state index contributed by atoms with van der Waals surface area (Å²) in [5, 5.41) is 29.5. The van der Waals surface area contributed by atoms with E-state index in [1.807, 2.05) is 0 Å². The zero-order valence-corrected chi connectivity index (χ0v) is 36.8. The van der Waals surface area contributed by atoms with Crippen molar-refractivity contribution in [1.82, 2.24) is 0 Å². The van der Waals surface area contributed by atoms with Crippen LogP contribution in [0.5, 0.6) is 0 Å². The Balaban J connectivity index is 0.975. The van der Waals surface area contributed by atoms with Crippen molar-refractivity contribution in [2.75, 3.05) is 0 Å². The summed E-state index contributed by atoms with van der Waals surface area (Å²) >= 11 is 0. The van der Waals surface area contributed by atoms with Crippen molar-refractivity contribution in [2.45, 2.75) is 0 Å². The smallest absolute Gasteiger partial charge is 0.000762 e. The Morgan fingerprint density at radius 3 is 1.34 bits per heavy atom. The monoisotopic (exact) mass is 852 g/mol. The normalized spacial score (nSPS) is 12.7. The van der Waals surface area contributed by atoms with Gasteiger partial charge in [-0.1, -0.05) is 194 Å². The predicted octanol–water partition coefficient (Wildman–Crippen LogP) is 19.3. The maximum atomic E-state index is 2.53. The minimum Gasteiger partial charge on any atom is -0.0622 e. The van der Waals surface area contributed by atoms with Gasteiger partial charge in [0, 0.05) is 0 Å². The van der Waals surface area contributed by atoms with Crippen LogP contribution in [-0.4, -0.2) is 0 Å². The number of hydrogen-bond acceptors (Lipinski definition) is 0. The molecule has 0 atom stereocenters. The first-order valence-corrected chi connectivity index (χ1v) is 23.9. The van der Waals surface area contributed by atoms with E-state index in [-0.39, 0.29) is 0 Å². The Kier molecular flexibility index (Phi) is 6.53. The summed E-state index contributed by atoms with van der Waals surface area (Å²) in [7, 11) is 0. The lowest BCUT2D eigenvalue weighted by molar-refractivity contribution is 1.64. The summed E-state index contributed by atoms with van der Waals surface area (Å²) in [6.07, 6.45) is 0. The van der Waals surface area contributed by atoms with Gasteiger partial charge in [-0.3, -0.25) is 0 Å². The van der Waals surface area contributed by atoms with Crippen LogP contribution in [0.25, 0.3) is 174 Å². The molecule has 0 saturated heterocycles. The van der Waals surface area contributed by atoms with Crippen molar-refractivity contribution in [3.8, 4) is 55.6 Å². The third-order valence-corrected chi connectivity index (χ3v) is 16.2. The van der Waals surface area contributed by atoms with E-state index in [0.717, 1.165) is 0 Å². The van der Waals surface area contributed by atoms with E-state index >= 15 is 0 Å². The molecule has 0 aliphatic heterocycles. The van der Waals surface area contributed by atoms with Crippen molar-refractivity contribution >= 4 is 118 Å². The highest BCUT2D eigenvalue weighted by Gasteiger charge is 2.30. The maximum absolute atomic E-state index is 2.53. The van der Waals surface area contributed by atoms with Crippen molar-refractivity contribution in [3.05, 3.63) is 218 Å². The minimum atomic E-state index is 1.24. The molecule has 0 heteroatoms. The Bertz CT molecular complexity index is 4830. The molecule has 0 aromatic heterocycles. The molecule has 308 valence electrons. The summed E-state index contributed by atoms with van der Waals surface area (Å²) in [6, 6.07) is 82.9. The van der Waals surface area contributed by atoms with Gasteiger partial charge < -0.3 is 0 Å². The fraction of sp³-hybridized carbons (Fsp3) is 0. The molecule has 0 unspecified atom stereocenters. The van der Waals surface area contributed by atoms with Crippen LogP contribution in [0.3, 0.4) is 0 Å². The third kappa shape index (κ3) is 4.28. The predicted molar refractivity (Wildman–Crippen MR) is 293 cm³/mol. The zero-order valence-electron chi connectivity index (χ0n) is 36.8. The lowest BCUT2D eigenvalue weighted by Crippen LogP contribution is -1.90. The molecule has 17 rings (SSSR count). The van der Waals surface area contributed by atoms with Gasteiger partial charge in [-0.2, -0.15) is 0 Å². The average Bonchev–Trinajstić information content (AvgIpc) is 4.03. The summed E-state index contributed by atoms with van der Waals surface area (Å²) in [6.45, 7) is 0. The first-order chi connectivity index (χ1) is 33.8. The lowest BCUT2D eigenvalue weighted by atomic mass is 9.86. The van der Waals surface area contributed by atoms with E-state index in [1.165, 1.54) is 174 Å². The Morgan fingerprint density at radius 2 is 0.632 bits per heavy atom. The molecule has 0 spiro atoms. The van der Waals surface area contributed by atoms with Crippen LogP contribution in [-0.2, 0) is 0 Å². The van der Waals surface area contributed by atoms with Crippen LogP contribution in [0, 0.1) is 0 Å². The van der Waals surface area contributed by atoms with Gasteiger partial charge in [0.1, 0.15) is 0 Å². The van der Waals surface area contributed by atoms with Gasteiger partial charge in [-0.15, -0.1) is 0 Å². The van der Waals surface area contributed by atoms with E-state index in [0.29, 0.717) is 0 Å². The molecule has 0 amide bonds. The zero-order chi connectivity index (χ0) is 43.9. The molecular weight excluding hydrogens is 817 g/mol. The second-order valence-electron chi connectivity index (χ2n) is 19.3. The molecular formula is C68H36. The largest absolute Gasteiger partial charge is 0.0622 e. The topological polar surface area (TPSA) is 0 Å². The Morgan fingerprint density at radius 1 is 0.162 bits per heavy atom. The minimum absolute atomic E-state index is 1.24. The lowest BCUT2D eigenvalue weighted by Gasteiger charge is -2.17. The highest BCUT2D eigenvalue weighted by atomic mass is 14.3. The Labute approximate surface area is 390 Å². The van der Waals surface area contributed by atoms with Crippen LogP contribution in [0.1, 0.15) is 0 Å². The van der Waals surface area contributed by atoms with Gasteiger partial charge in [-0.05, 0) is 198 Å². The molecule has 1 aliphatic carbocycles. The molecule has 0 heterocycles. The number of fused-ring (bicyclic) bond motifs is 14. The number of benzene rings is 14. The molecule has 0 fully saturated rings. The average molecular weight is 853 g/mol. The van der Waals surface area contributed by atoms with Crippen molar-refractivity contribution in [1.29, 1.82) is 0 Å². The fourth-order valence-electron chi connectivity index (χ4n) is 13.5. The van der Waals surface area contributed by atoms with Gasteiger partial charge in [0.25, 0.3) is 0 Å². The van der Waals surface area contributed by atoms with Crippen molar-refractivity contribution < 1.29 is 0 Å². The first-order valence-electron chi connectivity index (χ1n) is 23.9. The molecule has 0 radical (unpaired) electrons. The summed E-state index contributed by atoms with van der Waals surface area (Å²) in [5.74, 6) is 0. The molecule has 68 heavy (non-hydrogen) atoms. The van der Waals surface area contributed by atoms with Crippen LogP contribution in [0.2, 0.25) is 0 Å². The second kappa shape index (κ2) is 12.5. The van der Waals surface area contributed by atoms with Crippen LogP contribution < -0.4 is 0 Å². The molecule has 1 aliphatic rings. The third-order valence-electron chi connectivity index (χ3n) is 16.2. The number of hydrogen-bond donors (Lipinski definition) is 0. The van der Waals surface area contributed by atoms with Crippen LogP contribution in [0.4, 0.5) is 0 Å². The molecule has 0 saturated carbocycles. The van der Waals surface area contributed by atoms with Gasteiger partial charge in [0.2, 0.25) is 0 Å². The molecule has 0 bridgehead atoms. The van der Waals surface area contributed by atoms with E-state index in [1.54, 1.807) is 0 Å². The SMILES string of the molecule is c1ccc(-c2cccc3cc4c(-c5ccccc5)c5c(cc4cc23)-c2ccc3c4ccc6c7cc8c(-c9ccccc9)ccc9c%10ccccc%10c(c89)c7c7ccc(c8ccc-5c2c38)c4c67)cc1. The van der Waals surface area contributed by atoms with E-state index < -0.39 is 0 Å². The standard InChI is InChI=1S/C68H36/c1-4-13-37(14-5-1)42-22-12-19-40-33-56-41(34-55(40)42)35-57-51-27-25-47-48-26-28-52-59-36-58-43(38-15-6-2-7-16-38)23-24-46-44-20-10-11-21-45(44)68(65(46)58)67(59)54-32-30-50(62(48)64(52)54)49-29-31-53(63(51)61(47)49)66(57)60(56)39-17-8-3-9-18-39/h1-36H. The Hall–Kier alpha value is -8.84. The van der Waals surface area contributed by atoms with E-state index in [4.69, 9.17) is 0 Å². The number of rotatable bonds is 3. The summed E-state index contributed by atoms with van der Waals surface area (Å²) < 4.78 is 0. The fourth-order valence-corrected chi connectivity index (χ4v) is 13.5. The first kappa shape index (κ1) is 35.4. The quantitative estimate of drug-likeness (QED) is 0.123. The summed E-state index contributed by atoms with van der Waals surface area (Å²) in [4.78, 5) is 0. The van der Waals surface area contributed by atoms with Crippen LogP contribution in [0.15, 0.2) is 218 Å². The van der Waals surface area contributed by atoms with Crippen molar-refractivity contribution in [2.24, 2.45) is 0 Å². The van der Waals surface area contributed by atoms with Crippen molar-refractivity contribution in [3.63, 3.8) is 0 Å². The van der Waals surface area contributed by atoms with Crippen LogP contribution >= 0.6 is 0 Å². The molecule has 16 aromatic carbocycles. The molecule has 0 nitrogen and oxygen atoms in total.